The number of thiophene rings is 1. The zero-order valence-corrected chi connectivity index (χ0v) is 28.7. The van der Waals surface area contributed by atoms with Gasteiger partial charge in [0.2, 0.25) is 0 Å². The van der Waals surface area contributed by atoms with Crippen LogP contribution in [0, 0.1) is 0 Å². The van der Waals surface area contributed by atoms with Crippen molar-refractivity contribution in [1.29, 1.82) is 0 Å². The average Bonchev–Trinajstić information content (AvgIpc) is 3.77. The summed E-state index contributed by atoms with van der Waals surface area (Å²) in [7, 11) is 0. The summed E-state index contributed by atoms with van der Waals surface area (Å²) in [6.45, 7) is 0. The Balaban J connectivity index is 1.09. The summed E-state index contributed by atoms with van der Waals surface area (Å²) in [5.74, 6) is 1.96. The first kappa shape index (κ1) is 29.1. The fourth-order valence-corrected chi connectivity index (χ4v) is 8.89. The minimum atomic E-state index is 0.643. The number of hydrogen-bond acceptors (Lipinski definition) is 4. The quantitative estimate of drug-likeness (QED) is 0.186. The number of aromatic nitrogens is 4. The van der Waals surface area contributed by atoms with Crippen LogP contribution >= 0.6 is 11.3 Å². The second-order valence-corrected chi connectivity index (χ2v) is 14.3. The molecule has 11 aromatic rings. The van der Waals surface area contributed by atoms with Gasteiger partial charge in [-0.25, -0.2) is 15.0 Å². The Kier molecular flexibility index (Phi) is 6.39. The Morgan fingerprint density at radius 3 is 1.52 bits per heavy atom. The predicted molar refractivity (Wildman–Crippen MR) is 218 cm³/mol. The van der Waals surface area contributed by atoms with Gasteiger partial charge in [0.15, 0.2) is 17.5 Å². The smallest absolute Gasteiger partial charge is 0.164 e. The van der Waals surface area contributed by atoms with Gasteiger partial charge in [-0.1, -0.05) is 109 Å². The highest BCUT2D eigenvalue weighted by Gasteiger charge is 2.18. The van der Waals surface area contributed by atoms with Crippen LogP contribution in [0.5, 0.6) is 0 Å². The summed E-state index contributed by atoms with van der Waals surface area (Å²) in [5.41, 5.74) is 6.31. The number of benzene rings is 8. The first-order chi connectivity index (χ1) is 25.8. The fourth-order valence-electron chi connectivity index (χ4n) is 7.80. The number of rotatable bonds is 4. The predicted octanol–water partition coefficient (Wildman–Crippen LogP) is 12.6. The summed E-state index contributed by atoms with van der Waals surface area (Å²) >= 11 is 1.81. The van der Waals surface area contributed by atoms with Crippen molar-refractivity contribution in [3.8, 4) is 39.9 Å². The van der Waals surface area contributed by atoms with Gasteiger partial charge in [0.05, 0.1) is 11.0 Å². The molecule has 0 N–H and O–H groups in total. The molecule has 5 heteroatoms. The molecule has 0 aliphatic heterocycles. The second kappa shape index (κ2) is 11.4. The SMILES string of the molecule is c1ccc(-c2nc(-c3ccc(-n4c5ccc6ccccc6c5c5c6ccccc6ccc54)cc3)nc(-c3ccc4sc5ccccc5c4c3)n2)cc1. The van der Waals surface area contributed by atoms with E-state index >= 15 is 0 Å². The molecule has 242 valence electrons. The maximum Gasteiger partial charge on any atom is 0.164 e. The van der Waals surface area contributed by atoms with E-state index in [1.165, 1.54) is 63.5 Å². The molecular formula is C47H28N4S. The molecule has 0 aliphatic rings. The minimum Gasteiger partial charge on any atom is -0.309 e. The van der Waals surface area contributed by atoms with Crippen LogP contribution in [-0.2, 0) is 0 Å². The third kappa shape index (κ3) is 4.50. The average molecular weight is 681 g/mol. The van der Waals surface area contributed by atoms with Crippen molar-refractivity contribution in [2.45, 2.75) is 0 Å². The van der Waals surface area contributed by atoms with Crippen molar-refractivity contribution >= 4 is 74.9 Å². The Bertz CT molecular complexity index is 3080. The van der Waals surface area contributed by atoms with Crippen LogP contribution < -0.4 is 0 Å². The van der Waals surface area contributed by atoms with Gasteiger partial charge in [0.1, 0.15) is 0 Å². The lowest BCUT2D eigenvalue weighted by atomic mass is 10.00. The van der Waals surface area contributed by atoms with E-state index in [2.05, 4.69) is 156 Å². The van der Waals surface area contributed by atoms with E-state index in [1.54, 1.807) is 0 Å². The maximum absolute atomic E-state index is 5.11. The lowest BCUT2D eigenvalue weighted by molar-refractivity contribution is 1.07. The van der Waals surface area contributed by atoms with E-state index in [0.29, 0.717) is 17.5 Å². The number of hydrogen-bond donors (Lipinski definition) is 0. The maximum atomic E-state index is 5.11. The van der Waals surface area contributed by atoms with Crippen LogP contribution in [0.4, 0.5) is 0 Å². The highest BCUT2D eigenvalue weighted by Crippen LogP contribution is 2.41. The molecular weight excluding hydrogens is 653 g/mol. The van der Waals surface area contributed by atoms with E-state index in [-0.39, 0.29) is 0 Å². The molecule has 3 aromatic heterocycles. The zero-order chi connectivity index (χ0) is 34.2. The van der Waals surface area contributed by atoms with Gasteiger partial charge in [-0.3, -0.25) is 0 Å². The zero-order valence-electron chi connectivity index (χ0n) is 27.9. The van der Waals surface area contributed by atoms with Gasteiger partial charge in [0, 0.05) is 53.3 Å². The van der Waals surface area contributed by atoms with Crippen LogP contribution in [0.15, 0.2) is 170 Å². The van der Waals surface area contributed by atoms with Crippen LogP contribution in [-0.4, -0.2) is 19.5 Å². The van der Waals surface area contributed by atoms with Crippen molar-refractivity contribution < 1.29 is 0 Å². The monoisotopic (exact) mass is 680 g/mol. The van der Waals surface area contributed by atoms with Crippen LogP contribution in [0.1, 0.15) is 0 Å². The third-order valence-electron chi connectivity index (χ3n) is 10.2. The lowest BCUT2D eigenvalue weighted by Crippen LogP contribution is -2.00. The van der Waals surface area contributed by atoms with Crippen LogP contribution in [0.25, 0.3) is 103 Å². The Morgan fingerprint density at radius 2 is 0.865 bits per heavy atom. The molecule has 0 atom stereocenters. The van der Waals surface area contributed by atoms with Crippen molar-refractivity contribution in [1.82, 2.24) is 19.5 Å². The molecule has 11 rings (SSSR count). The van der Waals surface area contributed by atoms with Gasteiger partial charge in [-0.15, -0.1) is 11.3 Å². The first-order valence-corrected chi connectivity index (χ1v) is 18.3. The normalized spacial score (nSPS) is 11.8. The number of fused-ring (bicyclic) bond motifs is 10. The van der Waals surface area contributed by atoms with Gasteiger partial charge >= 0.3 is 0 Å². The van der Waals surface area contributed by atoms with Gasteiger partial charge in [-0.2, -0.15) is 0 Å². The Hall–Kier alpha value is -6.69. The molecule has 4 nitrogen and oxygen atoms in total. The topological polar surface area (TPSA) is 43.6 Å². The molecule has 0 radical (unpaired) electrons. The standard InChI is InChI=1S/C47H28N4S/c1-2-12-31(13-3-1)45-48-46(50-47(49-45)33-22-27-42-38(28-33)37-16-8-9-17-41(37)52-42)32-18-23-34(24-19-32)51-39-25-20-29-10-4-6-14-35(29)43(39)44-36-15-7-5-11-30(36)21-26-40(44)51/h1-28H. The minimum absolute atomic E-state index is 0.643. The van der Waals surface area contributed by atoms with E-state index in [1.807, 2.05) is 29.5 Å². The lowest BCUT2D eigenvalue weighted by Gasteiger charge is -2.11. The second-order valence-electron chi connectivity index (χ2n) is 13.2. The summed E-state index contributed by atoms with van der Waals surface area (Å²) < 4.78 is 4.92. The van der Waals surface area contributed by atoms with Crippen LogP contribution in [0.3, 0.4) is 0 Å². The third-order valence-corrected chi connectivity index (χ3v) is 11.4. The van der Waals surface area contributed by atoms with E-state index in [0.717, 1.165) is 22.4 Å². The largest absolute Gasteiger partial charge is 0.309 e. The van der Waals surface area contributed by atoms with E-state index in [4.69, 9.17) is 15.0 Å². The van der Waals surface area contributed by atoms with Crippen molar-refractivity contribution in [2.75, 3.05) is 0 Å². The highest BCUT2D eigenvalue weighted by atomic mass is 32.1. The molecule has 0 saturated heterocycles. The number of nitrogens with zero attached hydrogens (tertiary/aromatic N) is 4. The van der Waals surface area contributed by atoms with E-state index < -0.39 is 0 Å². The summed E-state index contributed by atoms with van der Waals surface area (Å²) in [5, 5.41) is 10.0. The van der Waals surface area contributed by atoms with Gasteiger partial charge < -0.3 is 4.57 Å². The summed E-state index contributed by atoms with van der Waals surface area (Å²) in [6, 6.07) is 60.3. The molecule has 0 fully saturated rings. The van der Waals surface area contributed by atoms with Crippen molar-refractivity contribution in [3.63, 3.8) is 0 Å². The highest BCUT2D eigenvalue weighted by molar-refractivity contribution is 7.25. The summed E-state index contributed by atoms with van der Waals surface area (Å²) in [6.07, 6.45) is 0. The van der Waals surface area contributed by atoms with E-state index in [9.17, 15) is 0 Å². The molecule has 0 saturated carbocycles. The fraction of sp³-hybridized carbons (Fsp3) is 0. The Morgan fingerprint density at radius 1 is 0.365 bits per heavy atom. The first-order valence-electron chi connectivity index (χ1n) is 17.4. The van der Waals surface area contributed by atoms with Crippen LogP contribution in [0.2, 0.25) is 0 Å². The molecule has 3 heterocycles. The molecule has 0 unspecified atom stereocenters. The van der Waals surface area contributed by atoms with Crippen molar-refractivity contribution in [3.05, 3.63) is 170 Å². The molecule has 8 aromatic carbocycles. The van der Waals surface area contributed by atoms with Gasteiger partial charge in [0.25, 0.3) is 0 Å². The molecule has 0 spiro atoms. The Labute approximate surface area is 302 Å². The van der Waals surface area contributed by atoms with Crippen molar-refractivity contribution in [2.24, 2.45) is 0 Å². The molecule has 0 aliphatic carbocycles. The summed E-state index contributed by atoms with van der Waals surface area (Å²) in [4.78, 5) is 15.2. The van der Waals surface area contributed by atoms with Gasteiger partial charge in [-0.05, 0) is 82.2 Å². The molecule has 0 amide bonds. The molecule has 0 bridgehead atoms. The molecule has 52 heavy (non-hydrogen) atoms.